The number of aliphatic carboxylic acids is 1. The van der Waals surface area contributed by atoms with Crippen molar-refractivity contribution in [3.05, 3.63) is 71.5 Å². The van der Waals surface area contributed by atoms with Crippen molar-refractivity contribution < 1.29 is 24.2 Å². The number of ether oxygens (including phenoxy) is 1. The van der Waals surface area contributed by atoms with Crippen molar-refractivity contribution in [2.24, 2.45) is 5.92 Å². The Balaban J connectivity index is 1.27. The van der Waals surface area contributed by atoms with Gasteiger partial charge < -0.3 is 20.5 Å². The number of nitrogens with one attached hydrogen (secondary N) is 2. The van der Waals surface area contributed by atoms with Crippen molar-refractivity contribution in [1.29, 1.82) is 0 Å². The summed E-state index contributed by atoms with van der Waals surface area (Å²) in [7, 11) is 0. The highest BCUT2D eigenvalue weighted by Crippen LogP contribution is 2.44. The largest absolute Gasteiger partial charge is 0.480 e. The van der Waals surface area contributed by atoms with Gasteiger partial charge in [0.15, 0.2) is 0 Å². The molecule has 1 aliphatic carbocycles. The van der Waals surface area contributed by atoms with Crippen LogP contribution in [0.3, 0.4) is 0 Å². The molecule has 0 spiro atoms. The zero-order valence-corrected chi connectivity index (χ0v) is 19.5. The molecule has 2 unspecified atom stereocenters. The Kier molecular flexibility index (Phi) is 7.09. The molecule has 0 aliphatic heterocycles. The standard InChI is InChI=1S/C25H27N5O5/c1-15(24(33)26-11-17-12-30(29-28-17)13-23(31)32)16(2)27-25(34)35-14-22-20-9-5-3-7-18(20)19-8-4-6-10-21(19)22/h3-10,12,15-16,22H,11,13-14H2,1-2H3,(H,26,33)(H,27,34)(H,31,32). The van der Waals surface area contributed by atoms with E-state index in [1.54, 1.807) is 13.8 Å². The summed E-state index contributed by atoms with van der Waals surface area (Å²) < 4.78 is 6.73. The monoisotopic (exact) mass is 477 g/mol. The Morgan fingerprint density at radius 2 is 1.69 bits per heavy atom. The van der Waals surface area contributed by atoms with Crippen LogP contribution in [-0.4, -0.2) is 50.7 Å². The normalized spacial score (nSPS) is 13.9. The topological polar surface area (TPSA) is 135 Å². The van der Waals surface area contributed by atoms with Gasteiger partial charge in [-0.1, -0.05) is 60.7 Å². The quantitative estimate of drug-likeness (QED) is 0.431. The number of carboxylic acids is 1. The number of nitrogens with zero attached hydrogens (tertiary/aromatic N) is 3. The summed E-state index contributed by atoms with van der Waals surface area (Å²) in [6.45, 7) is 3.41. The number of hydrogen-bond acceptors (Lipinski definition) is 6. The van der Waals surface area contributed by atoms with Crippen LogP contribution in [0.5, 0.6) is 0 Å². The molecule has 3 N–H and O–H groups in total. The van der Waals surface area contributed by atoms with Crippen molar-refractivity contribution in [3.63, 3.8) is 0 Å². The predicted molar refractivity (Wildman–Crippen MR) is 126 cm³/mol. The first-order valence-corrected chi connectivity index (χ1v) is 11.3. The van der Waals surface area contributed by atoms with E-state index in [4.69, 9.17) is 9.84 Å². The molecule has 2 amide bonds. The maximum Gasteiger partial charge on any atom is 0.407 e. The van der Waals surface area contributed by atoms with Gasteiger partial charge in [0.05, 0.1) is 18.7 Å². The number of carboxylic acid groups (broad SMARTS) is 1. The third-order valence-corrected chi connectivity index (χ3v) is 6.18. The van der Waals surface area contributed by atoms with E-state index in [2.05, 4.69) is 45.2 Å². The predicted octanol–water partition coefficient (Wildman–Crippen LogP) is 2.54. The van der Waals surface area contributed by atoms with Crippen LogP contribution in [0, 0.1) is 5.92 Å². The third kappa shape index (κ3) is 5.48. The lowest BCUT2D eigenvalue weighted by molar-refractivity contribution is -0.138. The lowest BCUT2D eigenvalue weighted by atomic mass is 9.98. The Morgan fingerprint density at radius 1 is 1.06 bits per heavy atom. The zero-order chi connectivity index (χ0) is 24.9. The smallest absolute Gasteiger partial charge is 0.407 e. The molecular weight excluding hydrogens is 450 g/mol. The average Bonchev–Trinajstić information content (AvgIpc) is 3.42. The summed E-state index contributed by atoms with van der Waals surface area (Å²) in [6.07, 6.45) is 0.868. The summed E-state index contributed by atoms with van der Waals surface area (Å²) in [6, 6.07) is 15.7. The van der Waals surface area contributed by atoms with Gasteiger partial charge in [0, 0.05) is 12.0 Å². The van der Waals surface area contributed by atoms with E-state index in [0.29, 0.717) is 5.69 Å². The van der Waals surface area contributed by atoms with Crippen LogP contribution in [-0.2, 0) is 27.4 Å². The van der Waals surface area contributed by atoms with Gasteiger partial charge in [-0.25, -0.2) is 9.48 Å². The third-order valence-electron chi connectivity index (χ3n) is 6.18. The van der Waals surface area contributed by atoms with Crippen LogP contribution in [0.25, 0.3) is 11.1 Å². The van der Waals surface area contributed by atoms with E-state index in [-0.39, 0.29) is 31.5 Å². The van der Waals surface area contributed by atoms with E-state index in [9.17, 15) is 14.4 Å². The number of aromatic nitrogens is 3. The zero-order valence-electron chi connectivity index (χ0n) is 19.5. The number of carbonyl (C=O) groups excluding carboxylic acids is 2. The van der Waals surface area contributed by atoms with Gasteiger partial charge in [-0.15, -0.1) is 5.10 Å². The Hall–Kier alpha value is -4.21. The number of fused-ring (bicyclic) bond motifs is 3. The lowest BCUT2D eigenvalue weighted by Crippen LogP contribution is -2.44. The second-order valence-electron chi connectivity index (χ2n) is 8.57. The lowest BCUT2D eigenvalue weighted by Gasteiger charge is -2.21. The second-order valence-corrected chi connectivity index (χ2v) is 8.57. The molecule has 1 heterocycles. The molecule has 1 aliphatic rings. The molecule has 10 heteroatoms. The maximum atomic E-state index is 12.5. The molecule has 10 nitrogen and oxygen atoms in total. The average molecular weight is 478 g/mol. The van der Waals surface area contributed by atoms with Gasteiger partial charge >= 0.3 is 12.1 Å². The highest BCUT2D eigenvalue weighted by molar-refractivity contribution is 5.80. The minimum atomic E-state index is -1.03. The number of carbonyl (C=O) groups is 3. The van der Waals surface area contributed by atoms with Crippen LogP contribution in [0.15, 0.2) is 54.7 Å². The van der Waals surface area contributed by atoms with E-state index in [1.807, 2.05) is 24.3 Å². The van der Waals surface area contributed by atoms with Crippen LogP contribution >= 0.6 is 0 Å². The number of alkyl carbamates (subject to hydrolysis) is 1. The molecule has 4 rings (SSSR count). The van der Waals surface area contributed by atoms with Gasteiger partial charge in [-0.3, -0.25) is 9.59 Å². The molecule has 2 aromatic carbocycles. The first kappa shape index (κ1) is 23.9. The SMILES string of the molecule is CC(NC(=O)OCC1c2ccccc2-c2ccccc21)C(C)C(=O)NCc1cn(CC(=O)O)nn1. The Bertz CT molecular complexity index is 1190. The maximum absolute atomic E-state index is 12.5. The molecule has 35 heavy (non-hydrogen) atoms. The van der Waals surface area contributed by atoms with E-state index in [0.717, 1.165) is 22.3 Å². The summed E-state index contributed by atoms with van der Waals surface area (Å²) >= 11 is 0. The molecular formula is C25H27N5O5. The first-order valence-electron chi connectivity index (χ1n) is 11.3. The summed E-state index contributed by atoms with van der Waals surface area (Å²) in [5, 5.41) is 21.8. The van der Waals surface area contributed by atoms with Crippen LogP contribution < -0.4 is 10.6 Å². The number of amides is 2. The molecule has 0 radical (unpaired) electrons. The summed E-state index contributed by atoms with van der Waals surface area (Å²) in [5.74, 6) is -1.90. The highest BCUT2D eigenvalue weighted by atomic mass is 16.5. The van der Waals surface area contributed by atoms with Crippen molar-refractivity contribution in [1.82, 2.24) is 25.6 Å². The van der Waals surface area contributed by atoms with E-state index < -0.39 is 24.0 Å². The summed E-state index contributed by atoms with van der Waals surface area (Å²) in [5.41, 5.74) is 4.99. The van der Waals surface area contributed by atoms with Gasteiger partial charge in [-0.05, 0) is 29.2 Å². The fourth-order valence-corrected chi connectivity index (χ4v) is 4.15. The highest BCUT2D eigenvalue weighted by Gasteiger charge is 2.29. The van der Waals surface area contributed by atoms with Crippen molar-refractivity contribution in [3.8, 4) is 11.1 Å². The van der Waals surface area contributed by atoms with E-state index >= 15 is 0 Å². The number of hydrogen-bond donors (Lipinski definition) is 3. The molecule has 1 aromatic heterocycles. The molecule has 182 valence electrons. The molecule has 0 saturated heterocycles. The van der Waals surface area contributed by atoms with Crippen LogP contribution in [0.2, 0.25) is 0 Å². The molecule has 0 fully saturated rings. The van der Waals surface area contributed by atoms with Gasteiger partial charge in [-0.2, -0.15) is 0 Å². The molecule has 2 atom stereocenters. The van der Waals surface area contributed by atoms with Crippen molar-refractivity contribution >= 4 is 18.0 Å². The van der Waals surface area contributed by atoms with Crippen molar-refractivity contribution in [2.45, 2.75) is 38.9 Å². The van der Waals surface area contributed by atoms with Gasteiger partial charge in [0.25, 0.3) is 0 Å². The second kappa shape index (κ2) is 10.4. The Morgan fingerprint density at radius 3 is 2.31 bits per heavy atom. The van der Waals surface area contributed by atoms with Gasteiger partial charge in [0.1, 0.15) is 18.8 Å². The number of rotatable bonds is 9. The first-order chi connectivity index (χ1) is 16.8. The molecule has 0 bridgehead atoms. The van der Waals surface area contributed by atoms with E-state index in [1.165, 1.54) is 10.9 Å². The molecule has 0 saturated carbocycles. The minimum absolute atomic E-state index is 0.0429. The fourth-order valence-electron chi connectivity index (χ4n) is 4.15. The van der Waals surface area contributed by atoms with Crippen molar-refractivity contribution in [2.75, 3.05) is 6.61 Å². The molecule has 3 aromatic rings. The Labute approximate surface area is 202 Å². The van der Waals surface area contributed by atoms with Gasteiger partial charge in [0.2, 0.25) is 5.91 Å². The fraction of sp³-hybridized carbons (Fsp3) is 0.320. The summed E-state index contributed by atoms with van der Waals surface area (Å²) in [4.78, 5) is 35.7. The minimum Gasteiger partial charge on any atom is -0.480 e. The van der Waals surface area contributed by atoms with Crippen LogP contribution in [0.1, 0.15) is 36.6 Å². The number of benzene rings is 2. The van der Waals surface area contributed by atoms with Crippen LogP contribution in [0.4, 0.5) is 4.79 Å².